The van der Waals surface area contributed by atoms with Gasteiger partial charge in [-0.25, -0.2) is 17.5 Å². The molecule has 1 amide bonds. The van der Waals surface area contributed by atoms with Gasteiger partial charge in [0.2, 0.25) is 10.0 Å². The molecule has 1 aliphatic rings. The number of hydrogen-bond donors (Lipinski definition) is 0. The van der Waals surface area contributed by atoms with Crippen LogP contribution < -0.4 is 0 Å². The Hall–Kier alpha value is -0.820. The number of rotatable bonds is 4. The lowest BCUT2D eigenvalue weighted by Crippen LogP contribution is -2.44. The van der Waals surface area contributed by atoms with E-state index in [2.05, 4.69) is 0 Å². The summed E-state index contributed by atoms with van der Waals surface area (Å²) in [6, 6.07) is 0. The minimum absolute atomic E-state index is 0.125. The first kappa shape index (κ1) is 18.2. The second-order valence-corrected chi connectivity index (χ2v) is 8.96. The fourth-order valence-corrected chi connectivity index (χ4v) is 3.20. The van der Waals surface area contributed by atoms with E-state index in [0.29, 0.717) is 25.6 Å². The molecule has 1 saturated heterocycles. The third-order valence-corrected chi connectivity index (χ3v) is 5.45. The fourth-order valence-electron chi connectivity index (χ4n) is 2.32. The van der Waals surface area contributed by atoms with E-state index in [1.807, 2.05) is 20.8 Å². The summed E-state index contributed by atoms with van der Waals surface area (Å²) < 4.78 is 30.3. The summed E-state index contributed by atoms with van der Waals surface area (Å²) in [6.45, 7) is 8.97. The zero-order valence-electron chi connectivity index (χ0n) is 13.8. The van der Waals surface area contributed by atoms with E-state index >= 15 is 0 Å². The van der Waals surface area contributed by atoms with Crippen LogP contribution in [0, 0.1) is 5.92 Å². The molecule has 7 heteroatoms. The van der Waals surface area contributed by atoms with Crippen LogP contribution in [0.4, 0.5) is 4.79 Å². The Bertz CT molecular complexity index is 448. The average Bonchev–Trinajstić information content (AvgIpc) is 2.37. The van der Waals surface area contributed by atoms with Gasteiger partial charge in [0.05, 0.1) is 5.75 Å². The van der Waals surface area contributed by atoms with E-state index < -0.39 is 15.6 Å². The maximum Gasteiger partial charge on any atom is 0.410 e. The number of likely N-dealkylation sites (tertiary alicyclic amines) is 1. The van der Waals surface area contributed by atoms with E-state index in [9.17, 15) is 13.2 Å². The lowest BCUT2D eigenvalue weighted by molar-refractivity contribution is 0.0179. The van der Waals surface area contributed by atoms with Crippen LogP contribution in [0.1, 0.15) is 40.5 Å². The molecule has 0 N–H and O–H groups in total. The summed E-state index contributed by atoms with van der Waals surface area (Å²) in [5.74, 6) is 0.426. The number of carbonyl (C=O) groups excluding carboxylic acids is 1. The molecule has 21 heavy (non-hydrogen) atoms. The van der Waals surface area contributed by atoms with Crippen molar-refractivity contribution in [3.05, 3.63) is 0 Å². The van der Waals surface area contributed by atoms with Crippen molar-refractivity contribution in [3.8, 4) is 0 Å². The highest BCUT2D eigenvalue weighted by molar-refractivity contribution is 7.89. The molecule has 1 rings (SSSR count). The van der Waals surface area contributed by atoms with Crippen molar-refractivity contribution in [3.63, 3.8) is 0 Å². The van der Waals surface area contributed by atoms with Crippen molar-refractivity contribution in [2.45, 2.75) is 46.1 Å². The first-order valence-electron chi connectivity index (χ1n) is 7.47. The molecule has 0 unspecified atom stereocenters. The summed E-state index contributed by atoms with van der Waals surface area (Å²) in [5, 5.41) is 0. The molecule has 0 radical (unpaired) electrons. The predicted octanol–water partition coefficient (Wildman–Crippen LogP) is 1.91. The van der Waals surface area contributed by atoms with Crippen LogP contribution in [-0.4, -0.2) is 61.8 Å². The van der Waals surface area contributed by atoms with Crippen molar-refractivity contribution in [1.82, 2.24) is 9.21 Å². The highest BCUT2D eigenvalue weighted by Crippen LogP contribution is 2.21. The summed E-state index contributed by atoms with van der Waals surface area (Å²) >= 11 is 0. The monoisotopic (exact) mass is 320 g/mol. The SMILES string of the molecule is CCS(=O)(=O)N(C)CC1CCN(C(=O)OC(C)(C)C)CC1. The summed E-state index contributed by atoms with van der Waals surface area (Å²) in [6.07, 6.45) is 1.33. The topological polar surface area (TPSA) is 66.9 Å². The molecule has 1 heterocycles. The first-order chi connectivity index (χ1) is 9.55. The van der Waals surface area contributed by atoms with Crippen LogP contribution in [0.3, 0.4) is 0 Å². The van der Waals surface area contributed by atoms with Gasteiger partial charge in [0, 0.05) is 26.7 Å². The van der Waals surface area contributed by atoms with Gasteiger partial charge < -0.3 is 9.64 Å². The van der Waals surface area contributed by atoms with Gasteiger partial charge >= 0.3 is 6.09 Å². The fraction of sp³-hybridized carbons (Fsp3) is 0.929. The van der Waals surface area contributed by atoms with E-state index in [4.69, 9.17) is 4.74 Å². The molecule has 0 bridgehead atoms. The van der Waals surface area contributed by atoms with Crippen LogP contribution in [0.5, 0.6) is 0 Å². The second-order valence-electron chi connectivity index (χ2n) is 6.59. The van der Waals surface area contributed by atoms with Gasteiger partial charge in [-0.1, -0.05) is 0 Å². The number of nitrogens with zero attached hydrogens (tertiary/aromatic N) is 2. The number of ether oxygens (including phenoxy) is 1. The normalized spacial score (nSPS) is 18.1. The smallest absolute Gasteiger partial charge is 0.410 e. The zero-order chi connectivity index (χ0) is 16.3. The number of hydrogen-bond acceptors (Lipinski definition) is 4. The lowest BCUT2D eigenvalue weighted by Gasteiger charge is -2.34. The highest BCUT2D eigenvalue weighted by atomic mass is 32.2. The molecule has 124 valence electrons. The predicted molar refractivity (Wildman–Crippen MR) is 82.6 cm³/mol. The van der Waals surface area contributed by atoms with Crippen molar-refractivity contribution in [1.29, 1.82) is 0 Å². The molecule has 0 saturated carbocycles. The Morgan fingerprint density at radius 2 is 1.81 bits per heavy atom. The second kappa shape index (κ2) is 6.96. The van der Waals surface area contributed by atoms with Gasteiger partial charge in [0.1, 0.15) is 5.60 Å². The summed E-state index contributed by atoms with van der Waals surface area (Å²) in [7, 11) is -1.50. The van der Waals surface area contributed by atoms with Crippen molar-refractivity contribution < 1.29 is 17.9 Å². The van der Waals surface area contributed by atoms with Gasteiger partial charge in [0.15, 0.2) is 0 Å². The third kappa shape index (κ3) is 5.82. The van der Waals surface area contributed by atoms with Crippen molar-refractivity contribution in [2.75, 3.05) is 32.4 Å². The van der Waals surface area contributed by atoms with Crippen LogP contribution in [-0.2, 0) is 14.8 Å². The van der Waals surface area contributed by atoms with Crippen LogP contribution in [0.25, 0.3) is 0 Å². The van der Waals surface area contributed by atoms with E-state index in [1.54, 1.807) is 18.9 Å². The molecule has 0 aliphatic carbocycles. The first-order valence-corrected chi connectivity index (χ1v) is 9.08. The number of carbonyl (C=O) groups is 1. The quantitative estimate of drug-likeness (QED) is 0.793. The van der Waals surface area contributed by atoms with Crippen LogP contribution in [0.15, 0.2) is 0 Å². The molecule has 0 atom stereocenters. The van der Waals surface area contributed by atoms with Gasteiger partial charge in [-0.3, -0.25) is 0 Å². The molecular formula is C14H28N2O4S. The van der Waals surface area contributed by atoms with Crippen molar-refractivity contribution >= 4 is 16.1 Å². The maximum absolute atomic E-state index is 11.9. The van der Waals surface area contributed by atoms with Gasteiger partial charge in [-0.05, 0) is 46.5 Å². The summed E-state index contributed by atoms with van der Waals surface area (Å²) in [4.78, 5) is 13.7. The Balaban J connectivity index is 2.44. The number of sulfonamides is 1. The number of piperidine rings is 1. The van der Waals surface area contributed by atoms with E-state index in [0.717, 1.165) is 12.8 Å². The highest BCUT2D eigenvalue weighted by Gasteiger charge is 2.28. The molecule has 6 nitrogen and oxygen atoms in total. The van der Waals surface area contributed by atoms with Gasteiger partial charge in [0.25, 0.3) is 0 Å². The largest absolute Gasteiger partial charge is 0.444 e. The van der Waals surface area contributed by atoms with E-state index in [1.165, 1.54) is 4.31 Å². The van der Waals surface area contributed by atoms with Crippen LogP contribution in [0.2, 0.25) is 0 Å². The minimum Gasteiger partial charge on any atom is -0.444 e. The summed E-state index contributed by atoms with van der Waals surface area (Å²) in [5.41, 5.74) is -0.483. The molecule has 1 aliphatic heterocycles. The number of amides is 1. The third-order valence-electron chi connectivity index (χ3n) is 3.62. The molecule has 0 spiro atoms. The molecule has 0 aromatic rings. The average molecular weight is 320 g/mol. The zero-order valence-corrected chi connectivity index (χ0v) is 14.6. The van der Waals surface area contributed by atoms with Gasteiger partial charge in [-0.2, -0.15) is 0 Å². The van der Waals surface area contributed by atoms with Gasteiger partial charge in [-0.15, -0.1) is 0 Å². The van der Waals surface area contributed by atoms with E-state index in [-0.39, 0.29) is 11.8 Å². The Morgan fingerprint density at radius 1 is 1.29 bits per heavy atom. The Morgan fingerprint density at radius 3 is 2.24 bits per heavy atom. The minimum atomic E-state index is -3.12. The maximum atomic E-state index is 11.9. The van der Waals surface area contributed by atoms with Crippen LogP contribution >= 0.6 is 0 Å². The Kier molecular flexibility index (Phi) is 6.04. The Labute approximate surface area is 128 Å². The standard InChI is InChI=1S/C14H28N2O4S/c1-6-21(18,19)15(5)11-12-7-9-16(10-8-12)13(17)20-14(2,3)4/h12H,6-11H2,1-5H3. The molecule has 1 fully saturated rings. The molecular weight excluding hydrogens is 292 g/mol. The van der Waals surface area contributed by atoms with Crippen molar-refractivity contribution in [2.24, 2.45) is 5.92 Å². The molecule has 0 aromatic carbocycles. The molecule has 0 aromatic heterocycles. The lowest BCUT2D eigenvalue weighted by atomic mass is 9.97.